The van der Waals surface area contributed by atoms with Gasteiger partial charge in [0.25, 0.3) is 0 Å². The van der Waals surface area contributed by atoms with Gasteiger partial charge in [0.2, 0.25) is 5.78 Å². The molecule has 1 N–H and O–H groups in total. The summed E-state index contributed by atoms with van der Waals surface area (Å²) in [6, 6.07) is 19.5. The average molecular weight is 276 g/mol. The van der Waals surface area contributed by atoms with Crippen LogP contribution in [-0.4, -0.2) is 10.9 Å². The van der Waals surface area contributed by atoms with Gasteiger partial charge in [0.15, 0.2) is 5.76 Å². The lowest BCUT2D eigenvalue weighted by molar-refractivity contribution is -0.114. The van der Waals surface area contributed by atoms with E-state index >= 15 is 0 Å². The molecule has 1 aliphatic rings. The number of ketones is 1. The number of aliphatic hydroxyl groups excluding tert-OH is 1. The third kappa shape index (κ3) is 2.40. The van der Waals surface area contributed by atoms with Crippen molar-refractivity contribution in [2.24, 2.45) is 0 Å². The monoisotopic (exact) mass is 276 g/mol. The van der Waals surface area contributed by atoms with Crippen molar-refractivity contribution in [1.29, 1.82) is 0 Å². The van der Waals surface area contributed by atoms with Gasteiger partial charge in [-0.1, -0.05) is 60.7 Å². The first-order valence-electron chi connectivity index (χ1n) is 6.94. The van der Waals surface area contributed by atoms with E-state index in [2.05, 4.69) is 0 Å². The molecule has 2 aromatic carbocycles. The van der Waals surface area contributed by atoms with E-state index < -0.39 is 0 Å². The van der Waals surface area contributed by atoms with Crippen LogP contribution >= 0.6 is 0 Å². The zero-order valence-corrected chi connectivity index (χ0v) is 11.8. The first kappa shape index (κ1) is 13.4. The van der Waals surface area contributed by atoms with Crippen molar-refractivity contribution < 1.29 is 9.90 Å². The largest absolute Gasteiger partial charge is 0.504 e. The minimum absolute atomic E-state index is 0.119. The molecule has 0 fully saturated rings. The van der Waals surface area contributed by atoms with Gasteiger partial charge in [0.1, 0.15) is 0 Å². The van der Waals surface area contributed by atoms with Crippen LogP contribution in [0.4, 0.5) is 0 Å². The molecule has 0 heterocycles. The number of hydrogen-bond acceptors (Lipinski definition) is 2. The van der Waals surface area contributed by atoms with E-state index in [0.29, 0.717) is 11.1 Å². The second-order valence-electron chi connectivity index (χ2n) is 5.21. The molecule has 0 aliphatic heterocycles. The highest BCUT2D eigenvalue weighted by atomic mass is 16.3. The molecule has 0 radical (unpaired) electrons. The normalized spacial score (nSPS) is 20.3. The lowest BCUT2D eigenvalue weighted by Gasteiger charge is -2.13. The summed E-state index contributed by atoms with van der Waals surface area (Å²) < 4.78 is 0. The van der Waals surface area contributed by atoms with Gasteiger partial charge in [0.05, 0.1) is 0 Å². The summed E-state index contributed by atoms with van der Waals surface area (Å²) in [5, 5.41) is 10.0. The molecule has 0 saturated carbocycles. The van der Waals surface area contributed by atoms with Crippen LogP contribution in [0.3, 0.4) is 0 Å². The Morgan fingerprint density at radius 1 is 0.952 bits per heavy atom. The summed E-state index contributed by atoms with van der Waals surface area (Å²) in [6.07, 6.45) is 1.87. The highest BCUT2D eigenvalue weighted by Crippen LogP contribution is 2.41. The fraction of sp³-hybridized carbons (Fsp3) is 0.105. The minimum Gasteiger partial charge on any atom is -0.504 e. The smallest absolute Gasteiger partial charge is 0.224 e. The van der Waals surface area contributed by atoms with Crippen molar-refractivity contribution in [3.05, 3.63) is 88.7 Å². The van der Waals surface area contributed by atoms with Gasteiger partial charge in [-0.3, -0.25) is 4.79 Å². The van der Waals surface area contributed by atoms with Gasteiger partial charge < -0.3 is 5.11 Å². The zero-order valence-electron chi connectivity index (χ0n) is 11.8. The van der Waals surface area contributed by atoms with E-state index in [0.717, 1.165) is 11.1 Å². The Morgan fingerprint density at radius 3 is 2.14 bits per heavy atom. The number of carbonyl (C=O) groups excluding carboxylic acids is 1. The fourth-order valence-electron chi connectivity index (χ4n) is 2.77. The van der Waals surface area contributed by atoms with Crippen LogP contribution in [0.25, 0.3) is 6.08 Å². The van der Waals surface area contributed by atoms with Crippen LogP contribution in [0.15, 0.2) is 77.6 Å². The van der Waals surface area contributed by atoms with Crippen molar-refractivity contribution in [2.75, 3.05) is 0 Å². The van der Waals surface area contributed by atoms with Crippen LogP contribution in [0, 0.1) is 0 Å². The maximum absolute atomic E-state index is 12.3. The van der Waals surface area contributed by atoms with Gasteiger partial charge in [0, 0.05) is 11.5 Å². The highest BCUT2D eigenvalue weighted by molar-refractivity contribution is 6.14. The number of rotatable bonds is 2. The van der Waals surface area contributed by atoms with E-state index in [4.69, 9.17) is 0 Å². The Kier molecular flexibility index (Phi) is 3.44. The van der Waals surface area contributed by atoms with Crippen LogP contribution in [0.2, 0.25) is 0 Å². The first-order valence-corrected chi connectivity index (χ1v) is 6.94. The standard InChI is InChI=1S/C19H16O2/c1-13-17(15-10-6-3-7-11-15)16(19(21)18(13)20)12-14-8-4-2-5-9-14/h2-12,17,20H,1H3/b16-12-. The molecular formula is C19H16O2. The van der Waals surface area contributed by atoms with Crippen molar-refractivity contribution in [2.45, 2.75) is 12.8 Å². The molecule has 1 aliphatic carbocycles. The average Bonchev–Trinajstić information content (AvgIpc) is 2.74. The highest BCUT2D eigenvalue weighted by Gasteiger charge is 2.35. The maximum Gasteiger partial charge on any atom is 0.224 e. The van der Waals surface area contributed by atoms with Crippen LogP contribution in [0.1, 0.15) is 24.0 Å². The second kappa shape index (κ2) is 5.41. The topological polar surface area (TPSA) is 37.3 Å². The molecule has 2 heteroatoms. The van der Waals surface area contributed by atoms with E-state index in [1.54, 1.807) is 0 Å². The number of aliphatic hydroxyl groups is 1. The Balaban J connectivity index is 2.11. The first-order chi connectivity index (χ1) is 10.2. The molecule has 21 heavy (non-hydrogen) atoms. The Hall–Kier alpha value is -2.61. The predicted molar refractivity (Wildman–Crippen MR) is 83.9 cm³/mol. The van der Waals surface area contributed by atoms with Gasteiger partial charge in [-0.2, -0.15) is 0 Å². The molecule has 2 aromatic rings. The summed E-state index contributed by atoms with van der Waals surface area (Å²) >= 11 is 0. The Bertz CT molecular complexity index is 725. The van der Waals surface area contributed by atoms with E-state index in [9.17, 15) is 9.90 Å². The molecule has 1 atom stereocenters. The number of carbonyl (C=O) groups is 1. The van der Waals surface area contributed by atoms with Crippen molar-refractivity contribution in [1.82, 2.24) is 0 Å². The number of hydrogen-bond donors (Lipinski definition) is 1. The molecule has 104 valence electrons. The summed E-state index contributed by atoms with van der Waals surface area (Å²) in [5.41, 5.74) is 3.33. The Labute approximate surface area is 124 Å². The molecule has 1 unspecified atom stereocenters. The second-order valence-corrected chi connectivity index (χ2v) is 5.21. The molecule has 0 spiro atoms. The molecule has 0 bridgehead atoms. The summed E-state index contributed by atoms with van der Waals surface area (Å²) in [5.74, 6) is -0.560. The molecule has 3 rings (SSSR count). The third-order valence-electron chi connectivity index (χ3n) is 3.85. The quantitative estimate of drug-likeness (QED) is 0.832. The molecule has 2 nitrogen and oxygen atoms in total. The number of Topliss-reactive ketones (excluding diaryl/α,β-unsaturated/α-hetero) is 1. The lowest BCUT2D eigenvalue weighted by atomic mass is 9.88. The maximum atomic E-state index is 12.3. The zero-order chi connectivity index (χ0) is 14.8. The van der Waals surface area contributed by atoms with E-state index in [1.807, 2.05) is 73.7 Å². The van der Waals surface area contributed by atoms with Crippen molar-refractivity contribution in [3.63, 3.8) is 0 Å². The lowest BCUT2D eigenvalue weighted by Crippen LogP contribution is -2.04. The van der Waals surface area contributed by atoms with Gasteiger partial charge in [-0.25, -0.2) is 0 Å². The SMILES string of the molecule is CC1=C(O)C(=O)/C(=C\c2ccccc2)C1c1ccccc1. The van der Waals surface area contributed by atoms with Gasteiger partial charge in [-0.15, -0.1) is 0 Å². The molecule has 0 amide bonds. The molecule has 0 aromatic heterocycles. The minimum atomic E-state index is -0.273. The Morgan fingerprint density at radius 2 is 1.52 bits per heavy atom. The van der Waals surface area contributed by atoms with E-state index in [1.165, 1.54) is 0 Å². The van der Waals surface area contributed by atoms with Crippen LogP contribution in [-0.2, 0) is 4.79 Å². The van der Waals surface area contributed by atoms with Gasteiger partial charge >= 0.3 is 0 Å². The molecule has 0 saturated heterocycles. The third-order valence-corrected chi connectivity index (χ3v) is 3.85. The number of allylic oxidation sites excluding steroid dienone is 2. The summed E-state index contributed by atoms with van der Waals surface area (Å²) in [4.78, 5) is 12.3. The summed E-state index contributed by atoms with van der Waals surface area (Å²) in [6.45, 7) is 1.82. The molecular weight excluding hydrogens is 260 g/mol. The van der Waals surface area contributed by atoms with Crippen LogP contribution < -0.4 is 0 Å². The fourth-order valence-corrected chi connectivity index (χ4v) is 2.77. The van der Waals surface area contributed by atoms with Crippen molar-refractivity contribution in [3.8, 4) is 0 Å². The van der Waals surface area contributed by atoms with Crippen molar-refractivity contribution >= 4 is 11.9 Å². The van der Waals surface area contributed by atoms with Crippen LogP contribution in [0.5, 0.6) is 0 Å². The van der Waals surface area contributed by atoms with Gasteiger partial charge in [-0.05, 0) is 29.7 Å². The van der Waals surface area contributed by atoms with E-state index in [-0.39, 0.29) is 17.5 Å². The predicted octanol–water partition coefficient (Wildman–Crippen LogP) is 4.27. The number of benzene rings is 2. The summed E-state index contributed by atoms with van der Waals surface area (Å²) in [7, 11) is 0.